The highest BCUT2D eigenvalue weighted by Crippen LogP contribution is 2.10. The molecule has 20 heavy (non-hydrogen) atoms. The summed E-state index contributed by atoms with van der Waals surface area (Å²) in [7, 11) is -1.56. The average molecular weight is 300 g/mol. The van der Waals surface area contributed by atoms with Crippen molar-refractivity contribution in [1.29, 1.82) is 0 Å². The number of sulfonamides is 1. The van der Waals surface area contributed by atoms with E-state index in [4.69, 9.17) is 4.74 Å². The molecule has 0 unspecified atom stereocenters. The van der Waals surface area contributed by atoms with Gasteiger partial charge in [-0.05, 0) is 37.6 Å². The molecule has 1 aromatic rings. The summed E-state index contributed by atoms with van der Waals surface area (Å²) in [6.07, 6.45) is 1.65. The second-order valence-corrected chi connectivity index (χ2v) is 6.30. The summed E-state index contributed by atoms with van der Waals surface area (Å²) in [5, 5.41) is 3.02. The van der Waals surface area contributed by atoms with Gasteiger partial charge < -0.3 is 10.1 Å². The van der Waals surface area contributed by atoms with Crippen molar-refractivity contribution in [2.24, 2.45) is 0 Å². The lowest BCUT2D eigenvalue weighted by atomic mass is 10.2. The fraction of sp³-hybridized carbons (Fsp3) is 0.571. The van der Waals surface area contributed by atoms with Crippen LogP contribution >= 0.6 is 0 Å². The predicted octanol–water partition coefficient (Wildman–Crippen LogP) is 1.50. The van der Waals surface area contributed by atoms with Gasteiger partial charge in [-0.1, -0.05) is 19.1 Å². The molecule has 0 aliphatic carbocycles. The minimum absolute atomic E-state index is 0.298. The quantitative estimate of drug-likeness (QED) is 0.643. The molecule has 6 heteroatoms. The maximum atomic E-state index is 12.0. The number of hydrogen-bond acceptors (Lipinski definition) is 4. The summed E-state index contributed by atoms with van der Waals surface area (Å²) < 4.78 is 31.9. The van der Waals surface area contributed by atoms with Gasteiger partial charge in [0.05, 0.1) is 4.90 Å². The number of hydrogen-bond donors (Lipinski definition) is 2. The lowest BCUT2D eigenvalue weighted by molar-refractivity contribution is 0.133. The fourth-order valence-electron chi connectivity index (χ4n) is 1.70. The Kier molecular flexibility index (Phi) is 7.76. The Bertz CT molecular complexity index is 472. The molecular formula is C14H24N2O3S. The van der Waals surface area contributed by atoms with Crippen molar-refractivity contribution in [2.75, 3.05) is 26.8 Å². The summed E-state index contributed by atoms with van der Waals surface area (Å²) in [5.74, 6) is 0. The van der Waals surface area contributed by atoms with E-state index in [2.05, 4.69) is 10.0 Å². The molecule has 0 aliphatic heterocycles. The molecule has 0 saturated heterocycles. The average Bonchev–Trinajstić information content (AvgIpc) is 2.44. The Morgan fingerprint density at radius 1 is 1.15 bits per heavy atom. The molecule has 0 heterocycles. The molecule has 0 spiro atoms. The standard InChI is InChI=1S/C14H24N2O3S/c1-3-10-19-11-4-9-16-20(17,18)14-7-5-13(6-8-14)12-15-2/h5-8,15-16H,3-4,9-12H2,1-2H3. The van der Waals surface area contributed by atoms with Crippen LogP contribution in [0.25, 0.3) is 0 Å². The van der Waals surface area contributed by atoms with Crippen LogP contribution in [0.3, 0.4) is 0 Å². The molecule has 1 aromatic carbocycles. The zero-order chi connectivity index (χ0) is 14.8. The van der Waals surface area contributed by atoms with E-state index >= 15 is 0 Å². The van der Waals surface area contributed by atoms with Crippen LogP contribution in [0.15, 0.2) is 29.2 Å². The SMILES string of the molecule is CCCOCCCNS(=O)(=O)c1ccc(CNC)cc1. The van der Waals surface area contributed by atoms with Gasteiger partial charge in [-0.25, -0.2) is 13.1 Å². The van der Waals surface area contributed by atoms with Crippen LogP contribution in [-0.2, 0) is 21.3 Å². The Morgan fingerprint density at radius 2 is 1.85 bits per heavy atom. The van der Waals surface area contributed by atoms with E-state index < -0.39 is 10.0 Å². The zero-order valence-electron chi connectivity index (χ0n) is 12.2. The first-order chi connectivity index (χ1) is 9.60. The van der Waals surface area contributed by atoms with E-state index in [0.717, 1.165) is 25.1 Å². The molecule has 5 nitrogen and oxygen atoms in total. The van der Waals surface area contributed by atoms with Gasteiger partial charge in [0.1, 0.15) is 0 Å². The molecule has 0 fully saturated rings. The van der Waals surface area contributed by atoms with Gasteiger partial charge in [0.25, 0.3) is 0 Å². The van der Waals surface area contributed by atoms with E-state index in [1.54, 1.807) is 12.1 Å². The first-order valence-electron chi connectivity index (χ1n) is 6.91. The van der Waals surface area contributed by atoms with Crippen LogP contribution in [0.2, 0.25) is 0 Å². The lowest BCUT2D eigenvalue weighted by Crippen LogP contribution is -2.25. The highest BCUT2D eigenvalue weighted by atomic mass is 32.2. The van der Waals surface area contributed by atoms with Crippen molar-refractivity contribution in [2.45, 2.75) is 31.2 Å². The highest BCUT2D eigenvalue weighted by Gasteiger charge is 2.12. The van der Waals surface area contributed by atoms with E-state index in [1.807, 2.05) is 26.1 Å². The maximum absolute atomic E-state index is 12.0. The number of benzene rings is 1. The number of ether oxygens (including phenoxy) is 1. The van der Waals surface area contributed by atoms with Crippen molar-refractivity contribution in [3.05, 3.63) is 29.8 Å². The molecule has 2 N–H and O–H groups in total. The van der Waals surface area contributed by atoms with Crippen LogP contribution in [0.4, 0.5) is 0 Å². The number of rotatable bonds is 10. The second kappa shape index (κ2) is 9.07. The van der Waals surface area contributed by atoms with Crippen LogP contribution in [-0.4, -0.2) is 35.2 Å². The predicted molar refractivity (Wildman–Crippen MR) is 80.1 cm³/mol. The topological polar surface area (TPSA) is 67.4 Å². The Morgan fingerprint density at radius 3 is 2.45 bits per heavy atom. The molecule has 0 bridgehead atoms. The largest absolute Gasteiger partial charge is 0.381 e. The van der Waals surface area contributed by atoms with E-state index in [0.29, 0.717) is 24.5 Å². The maximum Gasteiger partial charge on any atom is 0.240 e. The van der Waals surface area contributed by atoms with Gasteiger partial charge in [-0.2, -0.15) is 0 Å². The minimum atomic E-state index is -3.41. The van der Waals surface area contributed by atoms with E-state index in [9.17, 15) is 8.42 Å². The van der Waals surface area contributed by atoms with Gasteiger partial charge in [0.15, 0.2) is 0 Å². The lowest BCUT2D eigenvalue weighted by Gasteiger charge is -2.08. The molecule has 1 rings (SSSR count). The molecule has 0 amide bonds. The Hall–Kier alpha value is -0.950. The number of nitrogens with one attached hydrogen (secondary N) is 2. The molecule has 0 radical (unpaired) electrons. The van der Waals surface area contributed by atoms with Crippen molar-refractivity contribution in [1.82, 2.24) is 10.0 Å². The summed E-state index contributed by atoms with van der Waals surface area (Å²) in [4.78, 5) is 0.298. The van der Waals surface area contributed by atoms with Crippen molar-refractivity contribution >= 4 is 10.0 Å². The summed E-state index contributed by atoms with van der Waals surface area (Å²) in [5.41, 5.74) is 1.06. The normalized spacial score (nSPS) is 11.7. The molecule has 0 aliphatic rings. The van der Waals surface area contributed by atoms with Gasteiger partial charge in [0, 0.05) is 26.3 Å². The van der Waals surface area contributed by atoms with Crippen molar-refractivity contribution in [3.63, 3.8) is 0 Å². The van der Waals surface area contributed by atoms with Gasteiger partial charge in [-0.15, -0.1) is 0 Å². The van der Waals surface area contributed by atoms with Crippen molar-refractivity contribution < 1.29 is 13.2 Å². The Labute approximate surface area is 121 Å². The van der Waals surface area contributed by atoms with Crippen LogP contribution in [0, 0.1) is 0 Å². The van der Waals surface area contributed by atoms with Gasteiger partial charge in [0.2, 0.25) is 10.0 Å². The summed E-state index contributed by atoms with van der Waals surface area (Å²) >= 11 is 0. The third kappa shape index (κ3) is 6.00. The van der Waals surface area contributed by atoms with Gasteiger partial charge >= 0.3 is 0 Å². The molecule has 0 atom stereocenters. The second-order valence-electron chi connectivity index (χ2n) is 4.54. The molecule has 114 valence electrons. The summed E-state index contributed by atoms with van der Waals surface area (Å²) in [6, 6.07) is 6.88. The summed E-state index contributed by atoms with van der Waals surface area (Å²) in [6.45, 7) is 4.46. The van der Waals surface area contributed by atoms with Crippen LogP contribution in [0.5, 0.6) is 0 Å². The smallest absolute Gasteiger partial charge is 0.240 e. The first kappa shape index (κ1) is 17.1. The first-order valence-corrected chi connectivity index (χ1v) is 8.39. The minimum Gasteiger partial charge on any atom is -0.381 e. The molecule has 0 aromatic heterocycles. The molecule has 0 saturated carbocycles. The zero-order valence-corrected chi connectivity index (χ0v) is 13.0. The van der Waals surface area contributed by atoms with Crippen LogP contribution in [0.1, 0.15) is 25.3 Å². The molecular weight excluding hydrogens is 276 g/mol. The van der Waals surface area contributed by atoms with Gasteiger partial charge in [-0.3, -0.25) is 0 Å². The Balaban J connectivity index is 2.43. The monoisotopic (exact) mass is 300 g/mol. The van der Waals surface area contributed by atoms with E-state index in [1.165, 1.54) is 0 Å². The highest BCUT2D eigenvalue weighted by molar-refractivity contribution is 7.89. The third-order valence-electron chi connectivity index (χ3n) is 2.72. The van der Waals surface area contributed by atoms with E-state index in [-0.39, 0.29) is 0 Å². The van der Waals surface area contributed by atoms with Crippen LogP contribution < -0.4 is 10.0 Å². The fourth-order valence-corrected chi connectivity index (χ4v) is 2.78. The van der Waals surface area contributed by atoms with Crippen molar-refractivity contribution in [3.8, 4) is 0 Å². The third-order valence-corrected chi connectivity index (χ3v) is 4.20.